The molecule has 0 aromatic rings. The predicted octanol–water partition coefficient (Wildman–Crippen LogP) is 0.543. The van der Waals surface area contributed by atoms with Crippen molar-refractivity contribution < 1.29 is 24.3 Å². The van der Waals surface area contributed by atoms with Gasteiger partial charge in [0.1, 0.15) is 5.31 Å². The number of aliphatic carboxylic acids is 1. The number of carboxylic acid groups (broad SMARTS) is 1. The van der Waals surface area contributed by atoms with Crippen LogP contribution in [0.3, 0.4) is 0 Å². The molecular weight excluding hydrogens is 171 g/mol. The van der Waals surface area contributed by atoms with Gasteiger partial charge in [-0.1, -0.05) is 5.57 Å². The average molecular weight is 180 g/mol. The molecule has 0 aliphatic rings. The van der Waals surface area contributed by atoms with Crippen molar-refractivity contribution in [2.45, 2.75) is 13.8 Å². The highest BCUT2D eigenvalue weighted by Crippen LogP contribution is 2.46. The Hall–Kier alpha value is -0.640. The fourth-order valence-corrected chi connectivity index (χ4v) is 1.46. The highest BCUT2D eigenvalue weighted by atomic mass is 31.2. The second kappa shape index (κ2) is 3.17. The fourth-order valence-electron chi connectivity index (χ4n) is 0.630. The first-order valence-electron chi connectivity index (χ1n) is 2.73. The molecule has 0 fully saturated rings. The monoisotopic (exact) mass is 180 g/mol. The molecule has 3 N–H and O–H groups in total. The van der Waals surface area contributed by atoms with E-state index in [9.17, 15) is 9.36 Å². The normalized spacial score (nSPS) is 10.9. The van der Waals surface area contributed by atoms with Crippen LogP contribution in [-0.2, 0) is 9.36 Å². The molecule has 0 aliphatic heterocycles. The minimum Gasteiger partial charge on any atom is -0.477 e. The lowest BCUT2D eigenvalue weighted by Gasteiger charge is -2.05. The minimum absolute atomic E-state index is 0.117. The molecule has 0 bridgehead atoms. The number of carboxylic acids is 1. The van der Waals surface area contributed by atoms with Gasteiger partial charge in [-0.15, -0.1) is 0 Å². The molecule has 0 radical (unpaired) electrons. The first-order chi connectivity index (χ1) is 4.76. The van der Waals surface area contributed by atoms with Crippen LogP contribution < -0.4 is 0 Å². The second-order valence-corrected chi connectivity index (χ2v) is 3.73. The third-order valence-corrected chi connectivity index (χ3v) is 2.19. The molecule has 0 saturated carbocycles. The molecule has 0 rings (SSSR count). The molecule has 0 heterocycles. The van der Waals surface area contributed by atoms with Gasteiger partial charge in [0.2, 0.25) is 0 Å². The van der Waals surface area contributed by atoms with Gasteiger partial charge in [0.05, 0.1) is 0 Å². The summed E-state index contributed by atoms with van der Waals surface area (Å²) in [6.07, 6.45) is 0. The van der Waals surface area contributed by atoms with Crippen LogP contribution in [0.15, 0.2) is 10.9 Å². The SMILES string of the molecule is CC(C)=C(C(=O)O)P(=O)(O)O. The van der Waals surface area contributed by atoms with Crippen LogP contribution in [0.5, 0.6) is 0 Å². The zero-order chi connectivity index (χ0) is 9.23. The zero-order valence-corrected chi connectivity index (χ0v) is 7.00. The van der Waals surface area contributed by atoms with Gasteiger partial charge in [0.25, 0.3) is 0 Å². The lowest BCUT2D eigenvalue weighted by Crippen LogP contribution is -2.02. The van der Waals surface area contributed by atoms with Crippen molar-refractivity contribution >= 4 is 13.6 Å². The molecule has 0 amide bonds. The van der Waals surface area contributed by atoms with Crippen molar-refractivity contribution in [2.24, 2.45) is 0 Å². The zero-order valence-electron chi connectivity index (χ0n) is 6.11. The van der Waals surface area contributed by atoms with E-state index >= 15 is 0 Å². The van der Waals surface area contributed by atoms with Crippen molar-refractivity contribution in [3.05, 3.63) is 10.9 Å². The Balaban J connectivity index is 5.14. The van der Waals surface area contributed by atoms with Crippen LogP contribution in [-0.4, -0.2) is 20.9 Å². The van der Waals surface area contributed by atoms with E-state index in [0.717, 1.165) is 0 Å². The summed E-state index contributed by atoms with van der Waals surface area (Å²) >= 11 is 0. The smallest absolute Gasteiger partial charge is 0.363 e. The first-order valence-corrected chi connectivity index (χ1v) is 4.35. The van der Waals surface area contributed by atoms with Crippen LogP contribution in [0, 0.1) is 0 Å². The van der Waals surface area contributed by atoms with E-state index in [-0.39, 0.29) is 5.57 Å². The topological polar surface area (TPSA) is 94.8 Å². The molecule has 11 heavy (non-hydrogen) atoms. The van der Waals surface area contributed by atoms with E-state index in [2.05, 4.69) is 0 Å². The average Bonchev–Trinajstić information content (AvgIpc) is 1.54. The Morgan fingerprint density at radius 2 is 1.64 bits per heavy atom. The summed E-state index contributed by atoms with van der Waals surface area (Å²) in [7, 11) is -4.61. The molecule has 6 heteroatoms. The molecule has 0 unspecified atom stereocenters. The number of hydrogen-bond donors (Lipinski definition) is 3. The van der Waals surface area contributed by atoms with Crippen molar-refractivity contribution in [1.29, 1.82) is 0 Å². The summed E-state index contributed by atoms with van der Waals surface area (Å²) in [6.45, 7) is 2.67. The molecule has 0 aliphatic carbocycles. The Morgan fingerprint density at radius 3 is 1.64 bits per heavy atom. The highest BCUT2D eigenvalue weighted by Gasteiger charge is 2.28. The predicted molar refractivity (Wildman–Crippen MR) is 38.1 cm³/mol. The summed E-state index contributed by atoms with van der Waals surface area (Å²) in [6, 6.07) is 0. The number of carbonyl (C=O) groups is 1. The Bertz CT molecular complexity index is 244. The quantitative estimate of drug-likeness (QED) is 0.426. The van der Waals surface area contributed by atoms with Crippen LogP contribution >= 0.6 is 7.60 Å². The largest absolute Gasteiger partial charge is 0.477 e. The van der Waals surface area contributed by atoms with Crippen molar-refractivity contribution in [1.82, 2.24) is 0 Å². The van der Waals surface area contributed by atoms with Gasteiger partial charge in [0, 0.05) is 0 Å². The van der Waals surface area contributed by atoms with E-state index in [1.807, 2.05) is 0 Å². The molecule has 0 aromatic carbocycles. The van der Waals surface area contributed by atoms with Gasteiger partial charge in [-0.05, 0) is 13.8 Å². The molecular formula is C5H9O5P. The van der Waals surface area contributed by atoms with Crippen LogP contribution in [0.25, 0.3) is 0 Å². The van der Waals surface area contributed by atoms with Crippen molar-refractivity contribution in [3.8, 4) is 0 Å². The summed E-state index contributed by atoms with van der Waals surface area (Å²) < 4.78 is 10.5. The van der Waals surface area contributed by atoms with E-state index in [4.69, 9.17) is 14.9 Å². The van der Waals surface area contributed by atoms with E-state index < -0.39 is 18.9 Å². The molecule has 5 nitrogen and oxygen atoms in total. The van der Waals surface area contributed by atoms with Gasteiger partial charge >= 0.3 is 13.6 Å². The molecule has 0 spiro atoms. The standard InChI is InChI=1S/C5H9O5P/c1-3(2)4(5(6)7)11(8,9)10/h1-2H3,(H,6,7)(H2,8,9,10). The fraction of sp³-hybridized carbons (Fsp3) is 0.400. The third-order valence-electron chi connectivity index (χ3n) is 0.967. The first kappa shape index (κ1) is 10.4. The Kier molecular flexibility index (Phi) is 2.99. The van der Waals surface area contributed by atoms with Gasteiger partial charge in [-0.3, -0.25) is 4.57 Å². The number of allylic oxidation sites excluding steroid dienone is 1. The van der Waals surface area contributed by atoms with Crippen molar-refractivity contribution in [3.63, 3.8) is 0 Å². The minimum atomic E-state index is -4.61. The third kappa shape index (κ3) is 2.84. The van der Waals surface area contributed by atoms with Gasteiger partial charge in [-0.25, -0.2) is 4.79 Å². The van der Waals surface area contributed by atoms with Gasteiger partial charge in [0.15, 0.2) is 0 Å². The van der Waals surface area contributed by atoms with E-state index in [1.165, 1.54) is 13.8 Å². The summed E-state index contributed by atoms with van der Waals surface area (Å²) in [5.74, 6) is -1.57. The summed E-state index contributed by atoms with van der Waals surface area (Å²) in [4.78, 5) is 27.2. The number of hydrogen-bond acceptors (Lipinski definition) is 2. The van der Waals surface area contributed by atoms with Gasteiger partial charge < -0.3 is 14.9 Å². The molecule has 0 aromatic heterocycles. The molecule has 0 saturated heterocycles. The van der Waals surface area contributed by atoms with Crippen LogP contribution in [0.2, 0.25) is 0 Å². The highest BCUT2D eigenvalue weighted by molar-refractivity contribution is 7.58. The van der Waals surface area contributed by atoms with Crippen LogP contribution in [0.1, 0.15) is 13.8 Å². The van der Waals surface area contributed by atoms with Crippen LogP contribution in [0.4, 0.5) is 0 Å². The van der Waals surface area contributed by atoms with E-state index in [0.29, 0.717) is 0 Å². The Labute approximate surface area is 63.5 Å². The van der Waals surface area contributed by atoms with E-state index in [1.54, 1.807) is 0 Å². The molecule has 64 valence electrons. The lowest BCUT2D eigenvalue weighted by molar-refractivity contribution is -0.132. The second-order valence-electron chi connectivity index (χ2n) is 2.20. The van der Waals surface area contributed by atoms with Gasteiger partial charge in [-0.2, -0.15) is 0 Å². The van der Waals surface area contributed by atoms with Crippen molar-refractivity contribution in [2.75, 3.05) is 0 Å². The summed E-state index contributed by atoms with van der Waals surface area (Å²) in [5, 5.41) is 7.51. The maximum Gasteiger partial charge on any atom is 0.363 e. The Morgan fingerprint density at radius 1 is 1.27 bits per heavy atom. The lowest BCUT2D eigenvalue weighted by atomic mass is 10.3. The maximum absolute atomic E-state index is 10.5. The molecule has 0 atom stereocenters. The summed E-state index contributed by atoms with van der Waals surface area (Å²) in [5.41, 5.74) is 0.117. The maximum atomic E-state index is 10.5. The number of rotatable bonds is 2.